The normalized spacial score (nSPS) is 17.5. The van der Waals surface area contributed by atoms with Crippen molar-refractivity contribution in [3.63, 3.8) is 0 Å². The molecule has 2 saturated heterocycles. The van der Waals surface area contributed by atoms with E-state index in [1.165, 1.54) is 0 Å². The quantitative estimate of drug-likeness (QED) is 0.181. The van der Waals surface area contributed by atoms with Crippen molar-refractivity contribution in [3.05, 3.63) is 107 Å². The highest BCUT2D eigenvalue weighted by molar-refractivity contribution is 6.05. The summed E-state index contributed by atoms with van der Waals surface area (Å²) < 4.78 is 0. The number of carboxylic acids is 2. The molecule has 2 aromatic carbocycles. The first kappa shape index (κ1) is 32.5. The Labute approximate surface area is 277 Å². The van der Waals surface area contributed by atoms with Crippen molar-refractivity contribution in [2.45, 2.75) is 51.9 Å². The highest BCUT2D eigenvalue weighted by atomic mass is 16.4. The monoisotopic (exact) mass is 648 g/mol. The van der Waals surface area contributed by atoms with E-state index in [4.69, 9.17) is 0 Å². The predicted molar refractivity (Wildman–Crippen MR) is 179 cm³/mol. The minimum Gasteiger partial charge on any atom is -0.480 e. The summed E-state index contributed by atoms with van der Waals surface area (Å²) in [4.78, 5) is 61.2. The minimum atomic E-state index is -0.828. The molecule has 12 nitrogen and oxygen atoms in total. The zero-order valence-corrected chi connectivity index (χ0v) is 26.6. The number of hydrogen-bond donors (Lipinski definition) is 4. The van der Waals surface area contributed by atoms with Crippen molar-refractivity contribution in [2.75, 3.05) is 23.7 Å². The summed E-state index contributed by atoms with van der Waals surface area (Å²) in [5.74, 6) is -2.38. The number of anilines is 2. The second-order valence-corrected chi connectivity index (χ2v) is 12.2. The number of benzene rings is 2. The van der Waals surface area contributed by atoms with Gasteiger partial charge in [-0.2, -0.15) is 0 Å². The van der Waals surface area contributed by atoms with E-state index in [1.807, 2.05) is 60.0 Å². The van der Waals surface area contributed by atoms with Crippen molar-refractivity contribution in [2.24, 2.45) is 0 Å². The molecule has 2 aromatic heterocycles. The molecule has 4 N–H and O–H groups in total. The van der Waals surface area contributed by atoms with Crippen LogP contribution in [-0.4, -0.2) is 78.9 Å². The number of pyridine rings is 2. The third-order valence-electron chi connectivity index (χ3n) is 9.17. The molecular weight excluding hydrogens is 612 g/mol. The van der Waals surface area contributed by atoms with Crippen LogP contribution < -0.4 is 10.6 Å². The largest absolute Gasteiger partial charge is 0.480 e. The molecule has 0 unspecified atom stereocenters. The van der Waals surface area contributed by atoms with Gasteiger partial charge in [-0.3, -0.25) is 38.9 Å². The van der Waals surface area contributed by atoms with E-state index >= 15 is 0 Å². The lowest BCUT2D eigenvalue weighted by atomic mass is 9.94. The van der Waals surface area contributed by atoms with Crippen molar-refractivity contribution < 1.29 is 29.4 Å². The first-order valence-corrected chi connectivity index (χ1v) is 15.7. The van der Waals surface area contributed by atoms with E-state index in [2.05, 4.69) is 20.6 Å². The van der Waals surface area contributed by atoms with Crippen LogP contribution >= 0.6 is 0 Å². The molecule has 2 amide bonds. The molecule has 12 heteroatoms. The van der Waals surface area contributed by atoms with Gasteiger partial charge in [0.15, 0.2) is 0 Å². The Morgan fingerprint density at radius 3 is 1.40 bits per heavy atom. The van der Waals surface area contributed by atoms with Crippen LogP contribution in [0.5, 0.6) is 0 Å². The molecular formula is C36H36N6O6. The van der Waals surface area contributed by atoms with Gasteiger partial charge in [0.2, 0.25) is 0 Å². The van der Waals surface area contributed by atoms with Gasteiger partial charge >= 0.3 is 11.9 Å². The molecule has 4 heterocycles. The second kappa shape index (κ2) is 13.7. The highest BCUT2D eigenvalue weighted by Gasteiger charge is 2.34. The van der Waals surface area contributed by atoms with Crippen molar-refractivity contribution in [1.29, 1.82) is 0 Å². The number of hydrogen-bond acceptors (Lipinski definition) is 8. The SMILES string of the molecule is Cc1c(NC(=O)c2ccc(CN3CC[C@H]3C(=O)O)cn2)cccc1-c1cccc(NC(=O)c2ccc(CN3CC[C@H]3C(=O)O)cn2)c1C. The van der Waals surface area contributed by atoms with E-state index in [1.54, 1.807) is 36.7 Å². The van der Waals surface area contributed by atoms with Crippen LogP contribution in [-0.2, 0) is 22.7 Å². The first-order chi connectivity index (χ1) is 23.1. The number of nitrogens with zero attached hydrogens (tertiary/aromatic N) is 4. The van der Waals surface area contributed by atoms with Gasteiger partial charge < -0.3 is 20.8 Å². The highest BCUT2D eigenvalue weighted by Crippen LogP contribution is 2.34. The molecule has 6 rings (SSSR count). The van der Waals surface area contributed by atoms with Crippen LogP contribution in [0.1, 0.15) is 56.1 Å². The van der Waals surface area contributed by atoms with Gasteiger partial charge in [0.1, 0.15) is 23.5 Å². The lowest BCUT2D eigenvalue weighted by molar-refractivity contribution is -0.149. The molecule has 0 aliphatic carbocycles. The van der Waals surface area contributed by atoms with Crippen molar-refractivity contribution >= 4 is 35.1 Å². The van der Waals surface area contributed by atoms with Crippen LogP contribution in [0.4, 0.5) is 11.4 Å². The van der Waals surface area contributed by atoms with Crippen LogP contribution in [0.15, 0.2) is 73.1 Å². The molecule has 0 spiro atoms. The summed E-state index contributed by atoms with van der Waals surface area (Å²) in [5, 5.41) is 24.5. The van der Waals surface area contributed by atoms with Gasteiger partial charge in [-0.1, -0.05) is 36.4 Å². The van der Waals surface area contributed by atoms with Crippen LogP contribution in [0.25, 0.3) is 11.1 Å². The number of carbonyl (C=O) groups is 4. The van der Waals surface area contributed by atoms with Gasteiger partial charge in [0.05, 0.1) is 0 Å². The van der Waals surface area contributed by atoms with E-state index in [0.717, 1.165) is 33.4 Å². The fourth-order valence-electron chi connectivity index (χ4n) is 6.09. The average Bonchev–Trinajstić information content (AvgIpc) is 3.03. The maximum Gasteiger partial charge on any atom is 0.320 e. The molecule has 0 radical (unpaired) electrons. The maximum absolute atomic E-state index is 13.1. The molecule has 2 fully saturated rings. The number of nitrogens with one attached hydrogen (secondary N) is 2. The summed E-state index contributed by atoms with van der Waals surface area (Å²) in [6.07, 6.45) is 4.47. The standard InChI is InChI=1S/C36H36N6O6/c1-21-25(5-3-7-27(21)39-33(43)29-11-9-23(17-37-29)19-41-15-13-31(41)35(45)46)26-6-4-8-28(22(26)2)40-34(44)30-12-10-24(18-38-30)20-42-16-14-32(42)36(47)48/h3-12,17-18,31-32H,13-16,19-20H2,1-2H3,(H,39,43)(H,40,44)(H,45,46)(H,47,48)/t31-,32-/m0/s1. The first-order valence-electron chi connectivity index (χ1n) is 15.7. The molecule has 0 bridgehead atoms. The molecule has 246 valence electrons. The summed E-state index contributed by atoms with van der Waals surface area (Å²) >= 11 is 0. The van der Waals surface area contributed by atoms with E-state index < -0.39 is 24.0 Å². The van der Waals surface area contributed by atoms with Gasteiger partial charge in [-0.05, 0) is 84.3 Å². The Bertz CT molecular complexity index is 1740. The average molecular weight is 649 g/mol. The fraction of sp³-hybridized carbons (Fsp3) is 0.278. The number of amides is 2. The molecule has 2 aliphatic rings. The summed E-state index contributed by atoms with van der Waals surface area (Å²) in [7, 11) is 0. The van der Waals surface area contributed by atoms with E-state index in [0.29, 0.717) is 50.4 Å². The Balaban J connectivity index is 1.11. The number of carboxylic acid groups (broad SMARTS) is 2. The maximum atomic E-state index is 13.1. The topological polar surface area (TPSA) is 165 Å². The lowest BCUT2D eigenvalue weighted by Gasteiger charge is -2.37. The van der Waals surface area contributed by atoms with Crippen LogP contribution in [0, 0.1) is 13.8 Å². The number of carbonyl (C=O) groups excluding carboxylic acids is 2. The Morgan fingerprint density at radius 2 is 1.08 bits per heavy atom. The molecule has 4 aromatic rings. The minimum absolute atomic E-state index is 0.245. The van der Waals surface area contributed by atoms with Crippen molar-refractivity contribution in [1.82, 2.24) is 19.8 Å². The van der Waals surface area contributed by atoms with Gasteiger partial charge in [0.25, 0.3) is 11.8 Å². The van der Waals surface area contributed by atoms with Crippen molar-refractivity contribution in [3.8, 4) is 11.1 Å². The third-order valence-corrected chi connectivity index (χ3v) is 9.17. The zero-order valence-electron chi connectivity index (χ0n) is 26.6. The number of rotatable bonds is 11. The van der Waals surface area contributed by atoms with Gasteiger partial charge in [-0.25, -0.2) is 0 Å². The molecule has 48 heavy (non-hydrogen) atoms. The van der Waals surface area contributed by atoms with Crippen LogP contribution in [0.2, 0.25) is 0 Å². The predicted octanol–water partition coefficient (Wildman–Crippen LogP) is 4.58. The Hall–Kier alpha value is -5.46. The summed E-state index contributed by atoms with van der Waals surface area (Å²) in [5.41, 5.74) is 6.88. The number of aliphatic carboxylic acids is 2. The van der Waals surface area contributed by atoms with E-state index in [9.17, 15) is 29.4 Å². The fourth-order valence-corrected chi connectivity index (χ4v) is 6.09. The van der Waals surface area contributed by atoms with Gasteiger partial charge in [0, 0.05) is 49.9 Å². The van der Waals surface area contributed by atoms with E-state index in [-0.39, 0.29) is 23.2 Å². The van der Waals surface area contributed by atoms with Gasteiger partial charge in [-0.15, -0.1) is 0 Å². The summed E-state index contributed by atoms with van der Waals surface area (Å²) in [6, 6.07) is 17.2. The second-order valence-electron chi connectivity index (χ2n) is 12.2. The Kier molecular flexibility index (Phi) is 9.28. The zero-order chi connectivity index (χ0) is 33.9. The van der Waals surface area contributed by atoms with Crippen LogP contribution in [0.3, 0.4) is 0 Å². The number of likely N-dealkylation sites (tertiary alicyclic amines) is 2. The Morgan fingerprint density at radius 1 is 0.667 bits per heavy atom. The molecule has 2 aliphatic heterocycles. The molecule has 0 saturated carbocycles. The third kappa shape index (κ3) is 6.80. The molecule has 2 atom stereocenters. The number of aromatic nitrogens is 2. The summed E-state index contributed by atoms with van der Waals surface area (Å²) in [6.45, 7) is 6.19. The lowest BCUT2D eigenvalue weighted by Crippen LogP contribution is -2.51. The smallest absolute Gasteiger partial charge is 0.320 e.